The molecule has 2 aliphatic rings. The molecular weight excluding hydrogens is 299 g/mol. The molecule has 3 rings (SSSR count). The van der Waals surface area contributed by atoms with Crippen LogP contribution in [0, 0.1) is 0 Å². The van der Waals surface area contributed by atoms with Crippen LogP contribution in [0.1, 0.15) is 32.3 Å². The number of likely N-dealkylation sites (tertiary alicyclic amines) is 1. The van der Waals surface area contributed by atoms with Gasteiger partial charge < -0.3 is 9.62 Å². The maximum absolute atomic E-state index is 6.24. The summed E-state index contributed by atoms with van der Waals surface area (Å²) in [5.41, 5.74) is 2.35. The molecular formula is C14H20Cl2N2S. The Morgan fingerprint density at radius 2 is 1.84 bits per heavy atom. The molecule has 2 nitrogen and oxygen atoms in total. The molecule has 1 N–H and O–H groups in total. The average molecular weight is 319 g/mol. The van der Waals surface area contributed by atoms with E-state index in [-0.39, 0.29) is 4.75 Å². The van der Waals surface area contributed by atoms with E-state index in [1.54, 1.807) is 11.9 Å². The van der Waals surface area contributed by atoms with Gasteiger partial charge in [0.1, 0.15) is 0 Å². The van der Waals surface area contributed by atoms with Gasteiger partial charge in [-0.3, -0.25) is 0 Å². The molecule has 0 unspecified atom stereocenters. The second kappa shape index (κ2) is 6.13. The Labute approximate surface area is 130 Å². The fourth-order valence-corrected chi connectivity index (χ4v) is 4.36. The summed E-state index contributed by atoms with van der Waals surface area (Å²) < 4.78 is 3.54. The summed E-state index contributed by atoms with van der Waals surface area (Å²) in [5, 5.41) is 1.46. The maximum Gasteiger partial charge on any atom is 0.0677 e. The summed E-state index contributed by atoms with van der Waals surface area (Å²) in [6.07, 6.45) is 2.29. The molecule has 1 saturated heterocycles. The van der Waals surface area contributed by atoms with Gasteiger partial charge in [-0.25, -0.2) is 0 Å². The number of nitrogens with zero attached hydrogens (tertiary/aromatic N) is 1. The van der Waals surface area contributed by atoms with Crippen molar-refractivity contribution in [2.45, 2.75) is 31.4 Å². The van der Waals surface area contributed by atoms with Gasteiger partial charge in [0.05, 0.1) is 15.5 Å². The second-order valence-electron chi connectivity index (χ2n) is 4.81. The number of fused-ring (bicyclic) bond motifs is 2. The largest absolute Gasteiger partial charge is 0.327 e. The van der Waals surface area contributed by atoms with E-state index in [0.717, 1.165) is 41.7 Å². The number of hydrogen-bond acceptors (Lipinski definition) is 3. The van der Waals surface area contributed by atoms with E-state index < -0.39 is 0 Å². The van der Waals surface area contributed by atoms with Gasteiger partial charge in [-0.1, -0.05) is 37.0 Å². The van der Waals surface area contributed by atoms with E-state index >= 15 is 0 Å². The van der Waals surface area contributed by atoms with E-state index in [1.807, 2.05) is 19.9 Å². The van der Waals surface area contributed by atoms with Gasteiger partial charge >= 0.3 is 0 Å². The minimum absolute atomic E-state index is 0.163. The van der Waals surface area contributed by atoms with Crippen LogP contribution in [0.15, 0.2) is 12.1 Å². The van der Waals surface area contributed by atoms with Gasteiger partial charge in [0.2, 0.25) is 0 Å². The summed E-state index contributed by atoms with van der Waals surface area (Å²) in [5.74, 6) is 0. The highest BCUT2D eigenvalue weighted by Crippen LogP contribution is 2.55. The molecule has 19 heavy (non-hydrogen) atoms. The molecule has 106 valence electrons. The van der Waals surface area contributed by atoms with Crippen LogP contribution in [0.25, 0.3) is 0 Å². The third-order valence-corrected chi connectivity index (χ3v) is 5.53. The minimum atomic E-state index is 0.163. The van der Waals surface area contributed by atoms with Gasteiger partial charge in [-0.2, -0.15) is 0 Å². The summed E-state index contributed by atoms with van der Waals surface area (Å²) >= 11 is 14.2. The quantitative estimate of drug-likeness (QED) is 0.676. The van der Waals surface area contributed by atoms with Gasteiger partial charge in [0, 0.05) is 5.02 Å². The zero-order valence-corrected chi connectivity index (χ0v) is 13.9. The summed E-state index contributed by atoms with van der Waals surface area (Å²) in [6.45, 7) is 6.25. The summed E-state index contributed by atoms with van der Waals surface area (Å²) in [7, 11) is 2.17. The van der Waals surface area contributed by atoms with Gasteiger partial charge in [-0.05, 0) is 62.6 Å². The van der Waals surface area contributed by atoms with Crippen molar-refractivity contribution in [3.8, 4) is 0 Å². The number of piperidine rings is 1. The molecule has 2 aliphatic heterocycles. The lowest BCUT2D eigenvalue weighted by molar-refractivity contribution is 0.241. The number of nitrogens with one attached hydrogen (secondary N) is 1. The van der Waals surface area contributed by atoms with E-state index in [9.17, 15) is 0 Å². The molecule has 0 radical (unpaired) electrons. The minimum Gasteiger partial charge on any atom is -0.327 e. The number of rotatable bonds is 0. The summed E-state index contributed by atoms with van der Waals surface area (Å²) in [4.78, 5) is 2.37. The molecule has 0 amide bonds. The Bertz CT molecular complexity index is 457. The highest BCUT2D eigenvalue weighted by Gasteiger charge is 2.43. The lowest BCUT2D eigenvalue weighted by Gasteiger charge is -2.36. The molecule has 1 fully saturated rings. The second-order valence-corrected chi connectivity index (χ2v) is 6.85. The zero-order valence-electron chi connectivity index (χ0n) is 11.6. The van der Waals surface area contributed by atoms with Crippen LogP contribution >= 0.6 is 35.1 Å². The van der Waals surface area contributed by atoms with Crippen LogP contribution in [0.5, 0.6) is 0 Å². The van der Waals surface area contributed by atoms with Crippen molar-refractivity contribution >= 4 is 40.8 Å². The Balaban J connectivity index is 0.000000637. The van der Waals surface area contributed by atoms with E-state index in [2.05, 4.69) is 22.7 Å². The van der Waals surface area contributed by atoms with Crippen LogP contribution < -0.4 is 4.72 Å². The van der Waals surface area contributed by atoms with E-state index in [4.69, 9.17) is 23.2 Å². The standard InChI is InChI=1S/C12H14Cl2N2S.C2H6/c1-16-4-2-12(3-5-16)9-6-8(13)7-10(14)11(9)15-17-12;1-2/h6-7,15H,2-5H2,1H3;1-2H3. The van der Waals surface area contributed by atoms with Crippen molar-refractivity contribution in [3.63, 3.8) is 0 Å². The van der Waals surface area contributed by atoms with Gasteiger partial charge in [0.25, 0.3) is 0 Å². The van der Waals surface area contributed by atoms with Crippen molar-refractivity contribution < 1.29 is 0 Å². The molecule has 1 spiro atoms. The molecule has 0 aromatic heterocycles. The Morgan fingerprint density at radius 3 is 2.47 bits per heavy atom. The number of halogens is 2. The SMILES string of the molecule is CC.CN1CCC2(CC1)SNc1c(Cl)cc(Cl)cc12. The van der Waals surface area contributed by atoms with E-state index in [0.29, 0.717) is 0 Å². The smallest absolute Gasteiger partial charge is 0.0677 e. The average Bonchev–Trinajstić information content (AvgIpc) is 2.75. The monoisotopic (exact) mass is 318 g/mol. The topological polar surface area (TPSA) is 15.3 Å². The zero-order chi connectivity index (χ0) is 14.0. The molecule has 5 heteroatoms. The maximum atomic E-state index is 6.24. The first-order valence-corrected chi connectivity index (χ1v) is 8.30. The predicted molar refractivity (Wildman–Crippen MR) is 87.4 cm³/mol. The number of hydrogen-bond donors (Lipinski definition) is 1. The van der Waals surface area contributed by atoms with Crippen LogP contribution in [0.4, 0.5) is 5.69 Å². The Kier molecular flexibility index (Phi) is 4.93. The Hall–Kier alpha value is -0.0900. The molecule has 0 saturated carbocycles. The van der Waals surface area contributed by atoms with E-state index in [1.165, 1.54) is 5.56 Å². The first kappa shape index (κ1) is 15.3. The molecule has 0 atom stereocenters. The molecule has 2 heterocycles. The number of anilines is 1. The van der Waals surface area contributed by atoms with Crippen molar-refractivity contribution in [2.24, 2.45) is 0 Å². The molecule has 0 bridgehead atoms. The first-order chi connectivity index (χ1) is 9.11. The predicted octanol–water partition coefficient (Wildman–Crippen LogP) is 5.01. The van der Waals surface area contributed by atoms with Crippen molar-refractivity contribution in [2.75, 3.05) is 24.9 Å². The third kappa shape index (κ3) is 2.85. The lowest BCUT2D eigenvalue weighted by atomic mass is 9.87. The van der Waals surface area contributed by atoms with Crippen molar-refractivity contribution in [1.82, 2.24) is 4.90 Å². The van der Waals surface area contributed by atoms with Crippen LogP contribution in [-0.4, -0.2) is 25.0 Å². The normalized spacial score (nSPS) is 20.5. The van der Waals surface area contributed by atoms with Gasteiger partial charge in [-0.15, -0.1) is 0 Å². The van der Waals surface area contributed by atoms with Gasteiger partial charge in [0.15, 0.2) is 0 Å². The lowest BCUT2D eigenvalue weighted by Crippen LogP contribution is -2.37. The fraction of sp³-hybridized carbons (Fsp3) is 0.571. The molecule has 1 aromatic rings. The Morgan fingerprint density at radius 1 is 1.21 bits per heavy atom. The molecule has 0 aliphatic carbocycles. The van der Waals surface area contributed by atoms with Crippen LogP contribution in [0.3, 0.4) is 0 Å². The highest BCUT2D eigenvalue weighted by atomic mass is 35.5. The van der Waals surface area contributed by atoms with Crippen molar-refractivity contribution in [3.05, 3.63) is 27.7 Å². The van der Waals surface area contributed by atoms with Crippen molar-refractivity contribution in [1.29, 1.82) is 0 Å². The summed E-state index contributed by atoms with van der Waals surface area (Å²) in [6, 6.07) is 3.88. The fourth-order valence-electron chi connectivity index (χ4n) is 2.59. The highest BCUT2D eigenvalue weighted by molar-refractivity contribution is 8.01. The van der Waals surface area contributed by atoms with Crippen LogP contribution in [0.2, 0.25) is 10.0 Å². The first-order valence-electron chi connectivity index (χ1n) is 6.73. The third-order valence-electron chi connectivity index (χ3n) is 3.69. The number of benzene rings is 1. The van der Waals surface area contributed by atoms with Crippen LogP contribution in [-0.2, 0) is 4.75 Å². The molecule has 1 aromatic carbocycles.